The number of hydrogen-bond acceptors (Lipinski definition) is 3. The van der Waals surface area contributed by atoms with Crippen LogP contribution in [-0.2, 0) is 4.74 Å². The molecule has 0 saturated heterocycles. The van der Waals surface area contributed by atoms with Crippen LogP contribution in [0.15, 0.2) is 42.6 Å². The lowest BCUT2D eigenvalue weighted by atomic mass is 9.83. The summed E-state index contributed by atoms with van der Waals surface area (Å²) >= 11 is 0. The Labute approximate surface area is 113 Å². The molecule has 1 saturated carbocycles. The van der Waals surface area contributed by atoms with Gasteiger partial charge in [-0.15, -0.1) is 0 Å². The van der Waals surface area contributed by atoms with E-state index < -0.39 is 4.92 Å². The zero-order valence-corrected chi connectivity index (χ0v) is 10.9. The molecule has 1 fully saturated rings. The smallest absolute Gasteiger partial charge is 0.232 e. The first kappa shape index (κ1) is 13.7. The molecule has 0 spiro atoms. The van der Waals surface area contributed by atoms with Gasteiger partial charge in [0, 0.05) is 6.08 Å². The fourth-order valence-electron chi connectivity index (χ4n) is 2.61. The van der Waals surface area contributed by atoms with Gasteiger partial charge in [0.25, 0.3) is 0 Å². The van der Waals surface area contributed by atoms with E-state index in [-0.39, 0.29) is 6.10 Å². The summed E-state index contributed by atoms with van der Waals surface area (Å²) in [7, 11) is 0. The summed E-state index contributed by atoms with van der Waals surface area (Å²) in [6.45, 7) is 0.335. The molecule has 0 heterocycles. The van der Waals surface area contributed by atoms with E-state index in [9.17, 15) is 10.1 Å². The summed E-state index contributed by atoms with van der Waals surface area (Å²) in [5, 5.41) is 10.1. The van der Waals surface area contributed by atoms with Gasteiger partial charge >= 0.3 is 0 Å². The molecular weight excluding hydrogens is 242 g/mol. The second-order valence-electron chi connectivity index (χ2n) is 4.89. The van der Waals surface area contributed by atoms with E-state index in [0.717, 1.165) is 31.9 Å². The van der Waals surface area contributed by atoms with Crippen LogP contribution in [0.5, 0.6) is 0 Å². The van der Waals surface area contributed by atoms with E-state index >= 15 is 0 Å². The Morgan fingerprint density at radius 1 is 1.21 bits per heavy atom. The Hall–Kier alpha value is -1.68. The van der Waals surface area contributed by atoms with Crippen molar-refractivity contribution in [2.45, 2.75) is 37.7 Å². The number of nitro groups is 1. The van der Waals surface area contributed by atoms with E-state index in [2.05, 4.69) is 24.3 Å². The van der Waals surface area contributed by atoms with Crippen molar-refractivity contribution < 1.29 is 9.66 Å². The summed E-state index contributed by atoms with van der Waals surface area (Å²) in [5.41, 5.74) is 1.41. The summed E-state index contributed by atoms with van der Waals surface area (Å²) in [6.07, 6.45) is 6.98. The molecule has 0 amide bonds. The summed E-state index contributed by atoms with van der Waals surface area (Å²) < 4.78 is 5.63. The zero-order valence-electron chi connectivity index (χ0n) is 10.9. The van der Waals surface area contributed by atoms with Crippen molar-refractivity contribution in [3.05, 3.63) is 58.3 Å². The third-order valence-corrected chi connectivity index (χ3v) is 3.60. The third-order valence-electron chi connectivity index (χ3n) is 3.60. The molecule has 1 aliphatic rings. The lowest BCUT2D eigenvalue weighted by molar-refractivity contribution is -0.402. The van der Waals surface area contributed by atoms with Gasteiger partial charge in [0.15, 0.2) is 0 Å². The van der Waals surface area contributed by atoms with Crippen LogP contribution in [0.1, 0.15) is 37.2 Å². The van der Waals surface area contributed by atoms with Gasteiger partial charge in [0.1, 0.15) is 0 Å². The lowest BCUT2D eigenvalue weighted by Crippen LogP contribution is -2.20. The van der Waals surface area contributed by atoms with Crippen LogP contribution in [0.25, 0.3) is 0 Å². The predicted molar refractivity (Wildman–Crippen MR) is 73.5 cm³/mol. The van der Waals surface area contributed by atoms with Crippen LogP contribution < -0.4 is 0 Å². The topological polar surface area (TPSA) is 52.4 Å². The molecule has 0 N–H and O–H groups in total. The Morgan fingerprint density at radius 2 is 1.89 bits per heavy atom. The maximum atomic E-state index is 10.1. The van der Waals surface area contributed by atoms with Crippen molar-refractivity contribution in [1.29, 1.82) is 0 Å². The van der Waals surface area contributed by atoms with Gasteiger partial charge in [-0.05, 0) is 37.2 Å². The highest BCUT2D eigenvalue weighted by molar-refractivity contribution is 5.19. The Balaban J connectivity index is 1.72. The molecular formula is C15H19NO3. The molecule has 2 rings (SSSR count). The van der Waals surface area contributed by atoms with Crippen LogP contribution >= 0.6 is 0 Å². The molecule has 0 aliphatic heterocycles. The predicted octanol–water partition coefficient (Wildman–Crippen LogP) is 3.52. The van der Waals surface area contributed by atoms with Crippen molar-refractivity contribution in [1.82, 2.24) is 0 Å². The second-order valence-corrected chi connectivity index (χ2v) is 4.89. The first-order valence-corrected chi connectivity index (χ1v) is 6.72. The summed E-state index contributed by atoms with van der Waals surface area (Å²) in [4.78, 5) is 9.65. The third kappa shape index (κ3) is 4.48. The first-order valence-electron chi connectivity index (χ1n) is 6.72. The molecule has 0 radical (unpaired) electrons. The van der Waals surface area contributed by atoms with Gasteiger partial charge in [-0.1, -0.05) is 30.3 Å². The highest BCUT2D eigenvalue weighted by atomic mass is 16.6. The number of nitrogens with zero attached hydrogens (tertiary/aromatic N) is 1. The summed E-state index contributed by atoms with van der Waals surface area (Å²) in [6, 6.07) is 10.6. The minimum Gasteiger partial charge on any atom is -0.374 e. The average molecular weight is 261 g/mol. The molecule has 19 heavy (non-hydrogen) atoms. The van der Waals surface area contributed by atoms with Crippen molar-refractivity contribution in [2.24, 2.45) is 0 Å². The molecule has 4 nitrogen and oxygen atoms in total. The van der Waals surface area contributed by atoms with Crippen molar-refractivity contribution in [3.63, 3.8) is 0 Å². The first-order chi connectivity index (χ1) is 9.25. The average Bonchev–Trinajstić information content (AvgIpc) is 2.45. The van der Waals surface area contributed by atoms with Crippen LogP contribution in [0.3, 0.4) is 0 Å². The quantitative estimate of drug-likeness (QED) is 0.602. The highest BCUT2D eigenvalue weighted by Crippen LogP contribution is 2.33. The minimum atomic E-state index is -0.463. The zero-order chi connectivity index (χ0) is 13.5. The Morgan fingerprint density at radius 3 is 2.53 bits per heavy atom. The standard InChI is InChI=1S/C15H19NO3/c17-16(18)11-4-12-19-15-9-7-14(8-10-15)13-5-2-1-3-6-13/h1-6,11,14-15H,7-10,12H2/b11-4+. The van der Waals surface area contributed by atoms with Gasteiger partial charge in [-0.25, -0.2) is 0 Å². The van der Waals surface area contributed by atoms with Crippen molar-refractivity contribution >= 4 is 0 Å². The fraction of sp³-hybridized carbons (Fsp3) is 0.467. The number of hydrogen-bond donors (Lipinski definition) is 0. The van der Waals surface area contributed by atoms with Gasteiger partial charge < -0.3 is 4.74 Å². The van der Waals surface area contributed by atoms with Gasteiger partial charge in [-0.3, -0.25) is 10.1 Å². The minimum absolute atomic E-state index is 0.247. The Kier molecular flexibility index (Phi) is 5.10. The van der Waals surface area contributed by atoms with Crippen LogP contribution in [0, 0.1) is 10.1 Å². The van der Waals surface area contributed by atoms with Crippen LogP contribution in [0.2, 0.25) is 0 Å². The largest absolute Gasteiger partial charge is 0.374 e. The van der Waals surface area contributed by atoms with Gasteiger partial charge in [0.05, 0.1) is 17.6 Å². The van der Waals surface area contributed by atoms with E-state index in [4.69, 9.17) is 4.74 Å². The lowest BCUT2D eigenvalue weighted by Gasteiger charge is -2.28. The molecule has 0 atom stereocenters. The molecule has 1 aromatic carbocycles. The highest BCUT2D eigenvalue weighted by Gasteiger charge is 2.22. The molecule has 4 heteroatoms. The molecule has 1 aromatic rings. The second kappa shape index (κ2) is 7.04. The van der Waals surface area contributed by atoms with E-state index in [1.165, 1.54) is 11.6 Å². The van der Waals surface area contributed by atoms with Gasteiger partial charge in [0.2, 0.25) is 6.20 Å². The monoisotopic (exact) mass is 261 g/mol. The van der Waals surface area contributed by atoms with E-state index in [1.807, 2.05) is 6.07 Å². The molecule has 0 unspecified atom stereocenters. The normalized spacial score (nSPS) is 23.6. The SMILES string of the molecule is O=[N+]([O-])/C=C/COC1CCC(c2ccccc2)CC1. The maximum Gasteiger partial charge on any atom is 0.232 e. The number of rotatable bonds is 5. The summed E-state index contributed by atoms with van der Waals surface area (Å²) in [5.74, 6) is 0.635. The fourth-order valence-corrected chi connectivity index (χ4v) is 2.61. The van der Waals surface area contributed by atoms with Crippen molar-refractivity contribution in [2.75, 3.05) is 6.61 Å². The number of ether oxygens (including phenoxy) is 1. The Bertz CT molecular complexity index is 422. The molecule has 0 bridgehead atoms. The van der Waals surface area contributed by atoms with E-state index in [1.54, 1.807) is 0 Å². The van der Waals surface area contributed by atoms with Crippen LogP contribution in [-0.4, -0.2) is 17.6 Å². The maximum absolute atomic E-state index is 10.1. The van der Waals surface area contributed by atoms with Crippen molar-refractivity contribution in [3.8, 4) is 0 Å². The van der Waals surface area contributed by atoms with Gasteiger partial charge in [-0.2, -0.15) is 0 Å². The van der Waals surface area contributed by atoms with Crippen LogP contribution in [0.4, 0.5) is 0 Å². The molecule has 0 aromatic heterocycles. The molecule has 102 valence electrons. The molecule has 1 aliphatic carbocycles. The number of benzene rings is 1. The van der Waals surface area contributed by atoms with E-state index in [0.29, 0.717) is 12.5 Å².